The van der Waals surface area contributed by atoms with Gasteiger partial charge in [0.25, 0.3) is 0 Å². The molecule has 14 heavy (non-hydrogen) atoms. The molecule has 0 fully saturated rings. The number of hydrogen-bond donors (Lipinski definition) is 1. The van der Waals surface area contributed by atoms with E-state index in [1.54, 1.807) is 26.2 Å². The van der Waals surface area contributed by atoms with Crippen LogP contribution < -0.4 is 5.32 Å². The van der Waals surface area contributed by atoms with Crippen LogP contribution in [0.1, 0.15) is 33.4 Å². The van der Waals surface area contributed by atoms with Crippen LogP contribution in [0.15, 0.2) is 12.3 Å². The fraction of sp³-hybridized carbons (Fsp3) is 0.545. The topological polar surface area (TPSA) is 24.9 Å². The van der Waals surface area contributed by atoms with Crippen LogP contribution in [-0.4, -0.2) is 12.0 Å². The Balaban J connectivity index is 0. The summed E-state index contributed by atoms with van der Waals surface area (Å²) in [4.78, 5) is 3.77. The molecule has 0 atom stereocenters. The van der Waals surface area contributed by atoms with Crippen molar-refractivity contribution in [3.05, 3.63) is 23.8 Å². The van der Waals surface area contributed by atoms with Gasteiger partial charge < -0.3 is 5.32 Å². The van der Waals surface area contributed by atoms with Crippen molar-refractivity contribution in [2.75, 3.05) is 12.4 Å². The van der Waals surface area contributed by atoms with Gasteiger partial charge in [-0.2, -0.15) is 0 Å². The zero-order chi connectivity index (χ0) is 11.6. The first-order valence-corrected chi connectivity index (χ1v) is 5.04. The third-order valence-electron chi connectivity index (χ3n) is 1.33. The summed E-state index contributed by atoms with van der Waals surface area (Å²) in [5, 5.41) is 2.72. The smallest absolute Gasteiger partial charge is 0.167 e. The minimum absolute atomic E-state index is 0.273. The number of nitrogens with one attached hydrogen (secondary N) is 1. The molecule has 1 aromatic heterocycles. The number of nitrogens with zero attached hydrogens (tertiary/aromatic N) is 1. The highest BCUT2D eigenvalue weighted by Crippen LogP contribution is 2.13. The van der Waals surface area contributed by atoms with Gasteiger partial charge in [0.2, 0.25) is 0 Å². The largest absolute Gasteiger partial charge is 0.386 e. The van der Waals surface area contributed by atoms with E-state index in [0.717, 1.165) is 0 Å². The van der Waals surface area contributed by atoms with Gasteiger partial charge in [0, 0.05) is 13.2 Å². The first-order valence-electron chi connectivity index (χ1n) is 5.04. The summed E-state index contributed by atoms with van der Waals surface area (Å²) in [5.74, 6) is -0.273. The third kappa shape index (κ3) is 4.80. The molecule has 2 nitrogen and oxygen atoms in total. The Hall–Kier alpha value is -1.12. The predicted molar refractivity (Wildman–Crippen MR) is 61.2 cm³/mol. The van der Waals surface area contributed by atoms with E-state index in [-0.39, 0.29) is 5.82 Å². The van der Waals surface area contributed by atoms with Crippen LogP contribution in [0.3, 0.4) is 0 Å². The van der Waals surface area contributed by atoms with E-state index in [4.69, 9.17) is 0 Å². The average molecular weight is 200 g/mol. The monoisotopic (exact) mass is 200 g/mol. The van der Waals surface area contributed by atoms with E-state index >= 15 is 0 Å². The molecule has 0 aliphatic heterocycles. The lowest BCUT2D eigenvalue weighted by atomic mass is 10.3. The molecule has 0 bridgehead atoms. The van der Waals surface area contributed by atoms with E-state index < -0.39 is 0 Å². The molecule has 3 heteroatoms. The van der Waals surface area contributed by atoms with Crippen LogP contribution in [0, 0.1) is 12.7 Å². The molecule has 82 valence electrons. The molecular formula is C11H21FN2. The highest BCUT2D eigenvalue weighted by Gasteiger charge is 2.01. The van der Waals surface area contributed by atoms with Crippen LogP contribution in [0.5, 0.6) is 0 Å². The standard InChI is InChI=1S/C7H9FN2.2C2H6/c1-5-7(8)6(9-2)3-4-10-5;2*1-2/h3-4H,1-2H3,(H,9,10);2*1-2H3. The Kier molecular flexibility index (Phi) is 10.9. The van der Waals surface area contributed by atoms with Crippen LogP contribution in [0.2, 0.25) is 0 Å². The Bertz CT molecular complexity index is 237. The molecule has 0 aliphatic carbocycles. The molecule has 1 aromatic rings. The summed E-state index contributed by atoms with van der Waals surface area (Å²) in [6, 6.07) is 1.60. The van der Waals surface area contributed by atoms with Gasteiger partial charge in [-0.25, -0.2) is 4.39 Å². The van der Waals surface area contributed by atoms with Crippen LogP contribution in [-0.2, 0) is 0 Å². The number of pyridine rings is 1. The van der Waals surface area contributed by atoms with Gasteiger partial charge in [0.15, 0.2) is 5.82 Å². The molecule has 0 saturated carbocycles. The zero-order valence-corrected chi connectivity index (χ0v) is 9.98. The second kappa shape index (κ2) is 9.96. The van der Waals surface area contributed by atoms with Gasteiger partial charge in [-0.3, -0.25) is 4.98 Å². The number of halogens is 1. The maximum absolute atomic E-state index is 12.9. The molecule has 0 aliphatic rings. The predicted octanol–water partition coefficient (Wildman–Crippen LogP) is 3.62. The molecule has 0 aromatic carbocycles. The van der Waals surface area contributed by atoms with Gasteiger partial charge in [-0.1, -0.05) is 27.7 Å². The summed E-state index contributed by atoms with van der Waals surface area (Å²) in [5.41, 5.74) is 0.916. The van der Waals surface area contributed by atoms with Crippen molar-refractivity contribution in [1.29, 1.82) is 0 Å². The Morgan fingerprint density at radius 3 is 2.07 bits per heavy atom. The van der Waals surface area contributed by atoms with Gasteiger partial charge in [0.1, 0.15) is 0 Å². The lowest BCUT2D eigenvalue weighted by molar-refractivity contribution is 0.613. The molecule has 0 saturated heterocycles. The molecule has 0 unspecified atom stereocenters. The third-order valence-corrected chi connectivity index (χ3v) is 1.33. The fourth-order valence-electron chi connectivity index (χ4n) is 0.741. The zero-order valence-electron chi connectivity index (χ0n) is 9.98. The van der Waals surface area contributed by atoms with Crippen LogP contribution in [0.4, 0.5) is 10.1 Å². The van der Waals surface area contributed by atoms with E-state index in [2.05, 4.69) is 10.3 Å². The number of aryl methyl sites for hydroxylation is 1. The second-order valence-corrected chi connectivity index (χ2v) is 2.01. The lowest BCUT2D eigenvalue weighted by Crippen LogP contribution is -1.95. The van der Waals surface area contributed by atoms with Crippen molar-refractivity contribution in [2.45, 2.75) is 34.6 Å². The van der Waals surface area contributed by atoms with Gasteiger partial charge >= 0.3 is 0 Å². The van der Waals surface area contributed by atoms with Crippen molar-refractivity contribution in [3.63, 3.8) is 0 Å². The Morgan fingerprint density at radius 1 is 1.21 bits per heavy atom. The van der Waals surface area contributed by atoms with Gasteiger partial charge in [-0.05, 0) is 13.0 Å². The Morgan fingerprint density at radius 2 is 1.71 bits per heavy atom. The quantitative estimate of drug-likeness (QED) is 0.749. The van der Waals surface area contributed by atoms with E-state index in [9.17, 15) is 4.39 Å². The number of hydrogen-bond acceptors (Lipinski definition) is 2. The highest BCUT2D eigenvalue weighted by atomic mass is 19.1. The second-order valence-electron chi connectivity index (χ2n) is 2.01. The molecule has 1 rings (SSSR count). The Labute approximate surface area is 86.6 Å². The molecule has 1 heterocycles. The first-order chi connectivity index (χ1) is 6.75. The van der Waals surface area contributed by atoms with Gasteiger partial charge in [-0.15, -0.1) is 0 Å². The highest BCUT2D eigenvalue weighted by molar-refractivity contribution is 5.43. The summed E-state index contributed by atoms with van der Waals surface area (Å²) in [6.07, 6.45) is 1.57. The van der Waals surface area contributed by atoms with E-state index in [1.807, 2.05) is 27.7 Å². The number of anilines is 1. The summed E-state index contributed by atoms with van der Waals surface area (Å²) >= 11 is 0. The van der Waals surface area contributed by atoms with Crippen molar-refractivity contribution in [1.82, 2.24) is 4.98 Å². The SMILES string of the molecule is CC.CC.CNc1ccnc(C)c1F. The normalized spacial score (nSPS) is 7.64. The minimum Gasteiger partial charge on any atom is -0.386 e. The van der Waals surface area contributed by atoms with Crippen molar-refractivity contribution < 1.29 is 4.39 Å². The summed E-state index contributed by atoms with van der Waals surface area (Å²) in [6.45, 7) is 9.64. The van der Waals surface area contributed by atoms with Crippen LogP contribution >= 0.6 is 0 Å². The molecule has 0 amide bonds. The van der Waals surface area contributed by atoms with Crippen LogP contribution in [0.25, 0.3) is 0 Å². The van der Waals surface area contributed by atoms with Crippen molar-refractivity contribution in [2.24, 2.45) is 0 Å². The summed E-state index contributed by atoms with van der Waals surface area (Å²) < 4.78 is 12.9. The van der Waals surface area contributed by atoms with E-state index in [1.165, 1.54) is 0 Å². The average Bonchev–Trinajstić information content (AvgIpc) is 2.28. The molecule has 0 spiro atoms. The maximum atomic E-state index is 12.9. The molecular weight excluding hydrogens is 179 g/mol. The number of aromatic nitrogens is 1. The van der Waals surface area contributed by atoms with Gasteiger partial charge in [0.05, 0.1) is 11.4 Å². The number of rotatable bonds is 1. The first kappa shape index (κ1) is 15.4. The van der Waals surface area contributed by atoms with E-state index in [0.29, 0.717) is 11.4 Å². The fourth-order valence-corrected chi connectivity index (χ4v) is 0.741. The summed E-state index contributed by atoms with van der Waals surface area (Å²) in [7, 11) is 1.68. The van der Waals surface area contributed by atoms with Crippen molar-refractivity contribution >= 4 is 5.69 Å². The maximum Gasteiger partial charge on any atom is 0.167 e. The molecule has 0 radical (unpaired) electrons. The minimum atomic E-state index is -0.273. The lowest BCUT2D eigenvalue weighted by Gasteiger charge is -2.01. The molecule has 1 N–H and O–H groups in total. The van der Waals surface area contributed by atoms with Crippen molar-refractivity contribution in [3.8, 4) is 0 Å².